The standard InChI is InChI=1S/C54H65N3O8/c1-28(46(61)62)45(60)53(64)33-20-18-30-25-31-26-52(63)35(19-17-29-13-7-5-8-14-29)43-48(2,3)37(58)21-24-50(43)22-11-6-12-23-51-34-16-10-9-15-32(36(53)27-57-47(55)56)39(51)40(38(30)33)54(31,65)49(51,4)44(52)41(50)42(34)59/h5,7-8,13-14,17,19-20,26,32,34-36,39-40,43,60,63-65H,6,9-12,15-16,18,21-25,27H2,1-4H3,(H,61,62)(H4,55,56,57)/b19-17+,45-28-/t32-,34-,35-,36+,39+,40-,43-,49-,50-,51-,52-,53+,54+/m1/s1. The minimum atomic E-state index is -2.24. The van der Waals surface area contributed by atoms with E-state index in [1.165, 1.54) is 6.92 Å². The van der Waals surface area contributed by atoms with Crippen LogP contribution in [0.2, 0.25) is 0 Å². The molecular weight excluding hydrogens is 819 g/mol. The van der Waals surface area contributed by atoms with E-state index in [9.17, 15) is 35.1 Å². The number of aliphatic hydroxyl groups excluding tert-OH is 1. The molecule has 0 saturated heterocycles. The Morgan fingerprint density at radius 2 is 1.66 bits per heavy atom. The van der Waals surface area contributed by atoms with Crippen LogP contribution in [0, 0.1) is 63.1 Å². The number of nitrogens with zero attached hydrogens (tertiary/aromatic N) is 1. The van der Waals surface area contributed by atoms with Crippen molar-refractivity contribution in [1.29, 1.82) is 0 Å². The number of aliphatic imine (C=N–C) groups is 1. The van der Waals surface area contributed by atoms with Gasteiger partial charge in [0.2, 0.25) is 0 Å². The van der Waals surface area contributed by atoms with E-state index in [2.05, 4.69) is 24.1 Å². The fourth-order valence-corrected chi connectivity index (χ4v) is 18.1. The number of carboxylic acids is 1. The Hall–Kier alpha value is -4.58. The minimum absolute atomic E-state index is 0.0410. The summed E-state index contributed by atoms with van der Waals surface area (Å²) in [6, 6.07) is 10.0. The molecule has 0 unspecified atom stereocenters. The number of aliphatic carboxylic acids is 1. The summed E-state index contributed by atoms with van der Waals surface area (Å²) in [5, 5.41) is 65.8. The molecule has 10 aliphatic rings. The van der Waals surface area contributed by atoms with E-state index >= 15 is 4.79 Å². The maximum Gasteiger partial charge on any atom is 0.334 e. The number of Topliss-reactive ketones (excluding diaryl/α,β-unsaturated/α-hetero) is 2. The van der Waals surface area contributed by atoms with Gasteiger partial charge in [0.15, 0.2) is 17.3 Å². The van der Waals surface area contributed by atoms with Gasteiger partial charge in [-0.15, -0.1) is 0 Å². The molecule has 11 heteroatoms. The largest absolute Gasteiger partial charge is 0.508 e. The van der Waals surface area contributed by atoms with E-state index in [-0.39, 0.29) is 36.1 Å². The first-order valence-electron chi connectivity index (χ1n) is 24.4. The third-order valence-corrected chi connectivity index (χ3v) is 20.2. The quantitative estimate of drug-likeness (QED) is 0.0502. The number of nitrogens with two attached hydrogens (primary N) is 2. The van der Waals surface area contributed by atoms with E-state index in [0.717, 1.165) is 36.0 Å². The van der Waals surface area contributed by atoms with Gasteiger partial charge in [0.25, 0.3) is 0 Å². The Kier molecular flexibility index (Phi) is 9.10. The second kappa shape index (κ2) is 13.8. The summed E-state index contributed by atoms with van der Waals surface area (Å²) in [6.07, 6.45) is 15.8. The molecule has 65 heavy (non-hydrogen) atoms. The van der Waals surface area contributed by atoms with Crippen molar-refractivity contribution in [2.75, 3.05) is 6.54 Å². The predicted molar refractivity (Wildman–Crippen MR) is 245 cm³/mol. The first-order chi connectivity index (χ1) is 30.8. The second-order valence-corrected chi connectivity index (χ2v) is 22.6. The molecule has 11 nitrogen and oxygen atoms in total. The third-order valence-electron chi connectivity index (χ3n) is 20.2. The Bertz CT molecular complexity index is 2580. The highest BCUT2D eigenvalue weighted by molar-refractivity contribution is 6.04. The van der Waals surface area contributed by atoms with Crippen LogP contribution in [-0.2, 0) is 14.4 Å². The van der Waals surface area contributed by atoms with Gasteiger partial charge in [-0.25, -0.2) is 4.79 Å². The smallest absolute Gasteiger partial charge is 0.334 e. The van der Waals surface area contributed by atoms with Crippen LogP contribution in [0.4, 0.5) is 0 Å². The van der Waals surface area contributed by atoms with Gasteiger partial charge in [0.05, 0.1) is 5.57 Å². The number of carbonyl (C=O) groups excluding carboxylic acids is 2. The Morgan fingerprint density at radius 3 is 2.38 bits per heavy atom. The van der Waals surface area contributed by atoms with Crippen LogP contribution in [-0.4, -0.2) is 72.4 Å². The lowest BCUT2D eigenvalue weighted by Crippen LogP contribution is -2.73. The molecule has 11 rings (SSSR count). The first-order valence-corrected chi connectivity index (χ1v) is 24.4. The molecule has 1 aromatic carbocycles. The SMILES string of the molecule is C/C(C(=O)O)=C(/O)[C@]1(O)C2=CCC3=C2[C@@H]2[C@@H]4[C@H](CCCC[C@@H]5C(=O)C6=C7[C@]8(C)[C@@]45CCCCC[C@@]64CCC(=O)C(C)(C)[C@H]4[C@@H](/C=C/c4ccccc4)[C@]7(O)C=C(C3)[C@]28O)[C@@H]1CN=C(N)N. The number of hydrogen-bond donors (Lipinski definition) is 7. The number of aliphatic hydroxyl groups is 4. The van der Waals surface area contributed by atoms with E-state index in [4.69, 9.17) is 11.5 Å². The fraction of sp³-hybridized carbons (Fsp3) is 0.593. The zero-order valence-electron chi connectivity index (χ0n) is 38.2. The zero-order chi connectivity index (χ0) is 46.0. The highest BCUT2D eigenvalue weighted by atomic mass is 16.4. The minimum Gasteiger partial charge on any atom is -0.508 e. The van der Waals surface area contributed by atoms with Crippen molar-refractivity contribution >= 4 is 29.6 Å². The van der Waals surface area contributed by atoms with Gasteiger partial charge in [-0.2, -0.15) is 0 Å². The van der Waals surface area contributed by atoms with Crippen LogP contribution in [0.5, 0.6) is 0 Å². The molecule has 10 aliphatic carbocycles. The molecule has 4 bridgehead atoms. The van der Waals surface area contributed by atoms with Crippen LogP contribution < -0.4 is 11.5 Å². The average Bonchev–Trinajstić information content (AvgIpc) is 3.72. The van der Waals surface area contributed by atoms with Crippen molar-refractivity contribution < 1.29 is 39.9 Å². The Morgan fingerprint density at radius 1 is 0.938 bits per heavy atom. The number of allylic oxidation sites excluding steroid dienone is 3. The summed E-state index contributed by atoms with van der Waals surface area (Å²) < 4.78 is 0. The number of ketones is 2. The van der Waals surface area contributed by atoms with Crippen molar-refractivity contribution in [3.63, 3.8) is 0 Å². The van der Waals surface area contributed by atoms with Crippen LogP contribution in [0.15, 0.2) is 98.3 Å². The number of guanidine groups is 1. The molecular formula is C54H65N3O8. The summed E-state index contributed by atoms with van der Waals surface area (Å²) in [5.74, 6) is -6.25. The highest BCUT2D eigenvalue weighted by Crippen LogP contribution is 2.87. The molecule has 0 amide bonds. The molecule has 4 saturated carbocycles. The molecule has 13 atom stereocenters. The number of carboxylic acid groups (broad SMARTS) is 1. The van der Waals surface area contributed by atoms with E-state index in [1.54, 1.807) is 0 Å². The summed E-state index contributed by atoms with van der Waals surface area (Å²) in [4.78, 5) is 48.5. The molecule has 0 radical (unpaired) electrons. The van der Waals surface area contributed by atoms with Gasteiger partial charge in [-0.1, -0.05) is 107 Å². The second-order valence-electron chi connectivity index (χ2n) is 22.6. The summed E-state index contributed by atoms with van der Waals surface area (Å²) >= 11 is 0. The lowest BCUT2D eigenvalue weighted by Gasteiger charge is -2.72. The number of rotatable bonds is 6. The average molecular weight is 884 g/mol. The van der Waals surface area contributed by atoms with Crippen molar-refractivity contribution in [3.05, 3.63) is 98.9 Å². The molecule has 4 fully saturated rings. The van der Waals surface area contributed by atoms with Crippen molar-refractivity contribution in [2.24, 2.45) is 79.5 Å². The van der Waals surface area contributed by atoms with Gasteiger partial charge in [-0.3, -0.25) is 14.6 Å². The number of benzene rings is 1. The van der Waals surface area contributed by atoms with Gasteiger partial charge < -0.3 is 37.0 Å². The van der Waals surface area contributed by atoms with E-state index < -0.39 is 91.6 Å². The van der Waals surface area contributed by atoms with Gasteiger partial charge >= 0.3 is 5.97 Å². The topological polar surface area (TPSA) is 217 Å². The first kappa shape index (κ1) is 43.0. The lowest BCUT2D eigenvalue weighted by molar-refractivity contribution is -0.183. The highest BCUT2D eigenvalue weighted by Gasteiger charge is 2.87. The van der Waals surface area contributed by atoms with Gasteiger partial charge in [0, 0.05) is 58.5 Å². The zero-order valence-corrected chi connectivity index (χ0v) is 38.2. The third kappa shape index (κ3) is 4.88. The van der Waals surface area contributed by atoms with Crippen LogP contribution in [0.3, 0.4) is 0 Å². The van der Waals surface area contributed by atoms with Crippen LogP contribution in [0.1, 0.15) is 117 Å². The van der Waals surface area contributed by atoms with Crippen molar-refractivity contribution in [3.8, 4) is 0 Å². The van der Waals surface area contributed by atoms with Crippen LogP contribution >= 0.6 is 0 Å². The molecule has 0 aromatic heterocycles. The predicted octanol–water partition coefficient (Wildman–Crippen LogP) is 7.19. The molecule has 1 aromatic rings. The molecule has 2 spiro atoms. The van der Waals surface area contributed by atoms with E-state index in [0.29, 0.717) is 80.1 Å². The van der Waals surface area contributed by atoms with Crippen molar-refractivity contribution in [2.45, 2.75) is 128 Å². The van der Waals surface area contributed by atoms with Gasteiger partial charge in [0.1, 0.15) is 22.7 Å². The number of carbonyl (C=O) groups is 3. The van der Waals surface area contributed by atoms with Crippen LogP contribution in [0.25, 0.3) is 6.08 Å². The molecule has 0 aliphatic heterocycles. The molecule has 344 valence electrons. The summed E-state index contributed by atoms with van der Waals surface area (Å²) in [6.45, 7) is 7.43. The summed E-state index contributed by atoms with van der Waals surface area (Å²) in [5.41, 5.74) is 7.41. The lowest BCUT2D eigenvalue weighted by atomic mass is 9.32. The monoisotopic (exact) mass is 883 g/mol. The maximum atomic E-state index is 16.8. The van der Waals surface area contributed by atoms with E-state index in [1.807, 2.05) is 56.3 Å². The Balaban J connectivity index is 1.30. The summed E-state index contributed by atoms with van der Waals surface area (Å²) in [7, 11) is 0. The van der Waals surface area contributed by atoms with Crippen molar-refractivity contribution in [1.82, 2.24) is 0 Å². The Labute approximate surface area is 381 Å². The normalized spacial score (nSPS) is 44.4. The fourth-order valence-electron chi connectivity index (χ4n) is 18.1. The van der Waals surface area contributed by atoms with Gasteiger partial charge in [-0.05, 0) is 109 Å². The molecule has 0 heterocycles. The number of hydrogen-bond acceptors (Lipinski definition) is 8. The molecule has 9 N–H and O–H groups in total. The maximum absolute atomic E-state index is 16.8.